The summed E-state index contributed by atoms with van der Waals surface area (Å²) < 4.78 is 21.3. The van der Waals surface area contributed by atoms with Crippen molar-refractivity contribution in [3.05, 3.63) is 83.9 Å². The van der Waals surface area contributed by atoms with Gasteiger partial charge in [0.15, 0.2) is 6.61 Å². The Balaban J connectivity index is 1.70. The van der Waals surface area contributed by atoms with E-state index in [4.69, 9.17) is 18.9 Å². The van der Waals surface area contributed by atoms with E-state index in [1.54, 1.807) is 68.8 Å². The smallest absolute Gasteiger partial charge is 0.349 e. The van der Waals surface area contributed by atoms with Crippen molar-refractivity contribution in [2.75, 3.05) is 20.8 Å². The Morgan fingerprint density at radius 3 is 2.42 bits per heavy atom. The molecule has 0 radical (unpaired) electrons. The number of carbonyl (C=O) groups excluding carboxylic acids is 1. The predicted molar refractivity (Wildman–Crippen MR) is 117 cm³/mol. The van der Waals surface area contributed by atoms with Gasteiger partial charge in [-0.1, -0.05) is 30.3 Å². The van der Waals surface area contributed by atoms with Crippen LogP contribution < -0.4 is 18.9 Å². The minimum atomic E-state index is -0.547. The van der Waals surface area contributed by atoms with Crippen LogP contribution in [0.25, 0.3) is 11.6 Å². The third-order valence-electron chi connectivity index (χ3n) is 4.32. The van der Waals surface area contributed by atoms with Crippen LogP contribution in [0.4, 0.5) is 0 Å². The lowest BCUT2D eigenvalue weighted by Crippen LogP contribution is -2.17. The maximum Gasteiger partial charge on any atom is 0.349 e. The first-order valence-corrected chi connectivity index (χ1v) is 9.45. The molecule has 3 aromatic rings. The SMILES string of the molecule is COc1cccc(OCC(=O)Oc2cccc(/C=C(/C#N)c3ccccc3OC)c2)c1. The molecule has 156 valence electrons. The number of esters is 1. The van der Waals surface area contributed by atoms with Gasteiger partial charge in [0.25, 0.3) is 0 Å². The maximum atomic E-state index is 12.2. The first kappa shape index (κ1) is 21.5. The normalized spacial score (nSPS) is 10.7. The van der Waals surface area contributed by atoms with Crippen LogP contribution >= 0.6 is 0 Å². The third kappa shape index (κ3) is 5.87. The van der Waals surface area contributed by atoms with Crippen LogP contribution in [-0.2, 0) is 4.79 Å². The number of hydrogen-bond acceptors (Lipinski definition) is 6. The molecule has 0 fully saturated rings. The fourth-order valence-electron chi connectivity index (χ4n) is 2.87. The molecule has 3 aromatic carbocycles. The highest BCUT2D eigenvalue weighted by Gasteiger charge is 2.10. The van der Waals surface area contributed by atoms with E-state index in [1.807, 2.05) is 24.3 Å². The highest BCUT2D eigenvalue weighted by molar-refractivity contribution is 5.91. The predicted octanol–water partition coefficient (Wildman–Crippen LogP) is 4.75. The second-order valence-electron chi connectivity index (χ2n) is 6.38. The van der Waals surface area contributed by atoms with Gasteiger partial charge in [-0.25, -0.2) is 4.79 Å². The number of nitriles is 1. The van der Waals surface area contributed by atoms with E-state index < -0.39 is 5.97 Å². The van der Waals surface area contributed by atoms with Crippen LogP contribution in [0, 0.1) is 11.3 Å². The summed E-state index contributed by atoms with van der Waals surface area (Å²) in [4.78, 5) is 12.2. The van der Waals surface area contributed by atoms with Crippen molar-refractivity contribution in [1.29, 1.82) is 5.26 Å². The van der Waals surface area contributed by atoms with Crippen molar-refractivity contribution in [3.63, 3.8) is 0 Å². The first-order chi connectivity index (χ1) is 15.1. The Morgan fingerprint density at radius 2 is 1.65 bits per heavy atom. The minimum Gasteiger partial charge on any atom is -0.497 e. The zero-order chi connectivity index (χ0) is 22.1. The molecule has 0 atom stereocenters. The second kappa shape index (κ2) is 10.5. The van der Waals surface area contributed by atoms with Gasteiger partial charge in [0.05, 0.1) is 25.9 Å². The van der Waals surface area contributed by atoms with Crippen molar-refractivity contribution in [1.82, 2.24) is 0 Å². The molecular weight excluding hydrogens is 394 g/mol. The standard InChI is InChI=1S/C25H21NO5/c1-28-20-8-6-9-21(15-20)30-17-25(27)31-22-10-5-7-18(14-22)13-19(16-26)23-11-3-4-12-24(23)29-2/h3-15H,17H2,1-2H3/b19-13-. The van der Waals surface area contributed by atoms with Gasteiger partial charge in [-0.2, -0.15) is 5.26 Å². The van der Waals surface area contributed by atoms with Crippen LogP contribution in [0.5, 0.6) is 23.0 Å². The Kier molecular flexibility index (Phi) is 7.28. The number of nitrogens with zero attached hydrogens (tertiary/aromatic N) is 1. The van der Waals surface area contributed by atoms with Crippen LogP contribution in [0.3, 0.4) is 0 Å². The molecule has 0 aliphatic rings. The Hall–Kier alpha value is -4.24. The average molecular weight is 415 g/mol. The van der Waals surface area contributed by atoms with E-state index in [1.165, 1.54) is 0 Å². The summed E-state index contributed by atoms with van der Waals surface area (Å²) >= 11 is 0. The highest BCUT2D eigenvalue weighted by Crippen LogP contribution is 2.27. The number of benzene rings is 3. The summed E-state index contributed by atoms with van der Waals surface area (Å²) in [5.41, 5.74) is 1.82. The van der Waals surface area contributed by atoms with Gasteiger partial charge >= 0.3 is 5.97 Å². The van der Waals surface area contributed by atoms with Crippen LogP contribution in [0.1, 0.15) is 11.1 Å². The molecule has 31 heavy (non-hydrogen) atoms. The van der Waals surface area contributed by atoms with E-state index in [2.05, 4.69) is 6.07 Å². The van der Waals surface area contributed by atoms with Crippen LogP contribution in [0.2, 0.25) is 0 Å². The molecule has 0 spiro atoms. The lowest BCUT2D eigenvalue weighted by Gasteiger charge is -2.09. The molecule has 0 saturated heterocycles. The monoisotopic (exact) mass is 415 g/mol. The Labute approximate surface area is 180 Å². The van der Waals surface area contributed by atoms with E-state index in [-0.39, 0.29) is 6.61 Å². The summed E-state index contributed by atoms with van der Waals surface area (Å²) in [6.07, 6.45) is 1.71. The molecule has 0 amide bonds. The summed E-state index contributed by atoms with van der Waals surface area (Å²) in [6.45, 7) is -0.252. The quantitative estimate of drug-likeness (QED) is 0.229. The molecule has 0 heterocycles. The first-order valence-electron chi connectivity index (χ1n) is 9.45. The Bertz CT molecular complexity index is 1130. The largest absolute Gasteiger partial charge is 0.497 e. The molecule has 3 rings (SSSR count). The molecule has 6 nitrogen and oxygen atoms in total. The van der Waals surface area contributed by atoms with E-state index in [0.29, 0.717) is 39.7 Å². The average Bonchev–Trinajstić information content (AvgIpc) is 2.81. The van der Waals surface area contributed by atoms with Gasteiger partial charge in [0.2, 0.25) is 0 Å². The van der Waals surface area contributed by atoms with Gasteiger partial charge < -0.3 is 18.9 Å². The van der Waals surface area contributed by atoms with Gasteiger partial charge in [0, 0.05) is 11.6 Å². The van der Waals surface area contributed by atoms with Crippen molar-refractivity contribution in [2.45, 2.75) is 0 Å². The third-order valence-corrected chi connectivity index (χ3v) is 4.32. The topological polar surface area (TPSA) is 77.8 Å². The molecule has 6 heteroatoms. The summed E-state index contributed by atoms with van der Waals surface area (Å²) in [6, 6.07) is 23.3. The van der Waals surface area contributed by atoms with Gasteiger partial charge in [-0.15, -0.1) is 0 Å². The zero-order valence-electron chi connectivity index (χ0n) is 17.2. The summed E-state index contributed by atoms with van der Waals surface area (Å²) in [5, 5.41) is 9.61. The number of hydrogen-bond donors (Lipinski definition) is 0. The second-order valence-corrected chi connectivity index (χ2v) is 6.38. The molecule has 0 saturated carbocycles. The van der Waals surface area contributed by atoms with Crippen LogP contribution in [-0.4, -0.2) is 26.8 Å². The van der Waals surface area contributed by atoms with Crippen molar-refractivity contribution in [2.24, 2.45) is 0 Å². The fraction of sp³-hybridized carbons (Fsp3) is 0.120. The summed E-state index contributed by atoms with van der Waals surface area (Å²) in [5.74, 6) is 1.55. The van der Waals surface area contributed by atoms with Gasteiger partial charge in [-0.05, 0) is 48.0 Å². The van der Waals surface area contributed by atoms with Gasteiger partial charge in [-0.3, -0.25) is 0 Å². The molecular formula is C25H21NO5. The number of rotatable bonds is 8. The van der Waals surface area contributed by atoms with Gasteiger partial charge in [0.1, 0.15) is 23.0 Å². The van der Waals surface area contributed by atoms with Crippen molar-refractivity contribution < 1.29 is 23.7 Å². The zero-order valence-corrected chi connectivity index (χ0v) is 17.2. The molecule has 0 aliphatic carbocycles. The number of ether oxygens (including phenoxy) is 4. The molecule has 0 unspecified atom stereocenters. The Morgan fingerprint density at radius 1 is 0.903 bits per heavy atom. The number of para-hydroxylation sites is 1. The minimum absolute atomic E-state index is 0.252. The summed E-state index contributed by atoms with van der Waals surface area (Å²) in [7, 11) is 3.11. The fourth-order valence-corrected chi connectivity index (χ4v) is 2.87. The maximum absolute atomic E-state index is 12.2. The number of carbonyl (C=O) groups is 1. The number of methoxy groups -OCH3 is 2. The molecule has 0 N–H and O–H groups in total. The van der Waals surface area contributed by atoms with E-state index >= 15 is 0 Å². The lowest BCUT2D eigenvalue weighted by molar-refractivity contribution is -0.136. The molecule has 0 aliphatic heterocycles. The number of allylic oxidation sites excluding steroid dienone is 1. The molecule has 0 bridgehead atoms. The van der Waals surface area contributed by atoms with Crippen molar-refractivity contribution in [3.8, 4) is 29.1 Å². The van der Waals surface area contributed by atoms with E-state index in [0.717, 1.165) is 0 Å². The van der Waals surface area contributed by atoms with E-state index in [9.17, 15) is 10.1 Å². The van der Waals surface area contributed by atoms with Crippen molar-refractivity contribution >= 4 is 17.6 Å². The lowest BCUT2D eigenvalue weighted by atomic mass is 10.0. The highest BCUT2D eigenvalue weighted by atomic mass is 16.6. The van der Waals surface area contributed by atoms with Crippen LogP contribution in [0.15, 0.2) is 72.8 Å². The molecule has 0 aromatic heterocycles.